The molecule has 0 saturated carbocycles. The zero-order valence-corrected chi connectivity index (χ0v) is 15.6. The van der Waals surface area contributed by atoms with Crippen LogP contribution in [0.4, 0.5) is 4.39 Å². The molecule has 0 radical (unpaired) electrons. The summed E-state index contributed by atoms with van der Waals surface area (Å²) in [5.74, 6) is -0.647. The summed E-state index contributed by atoms with van der Waals surface area (Å²) in [6.45, 7) is 2.85. The van der Waals surface area contributed by atoms with Gasteiger partial charge in [0.15, 0.2) is 0 Å². The van der Waals surface area contributed by atoms with E-state index in [0.29, 0.717) is 19.7 Å². The quantitative estimate of drug-likeness (QED) is 0.812. The maximum atomic E-state index is 13.2. The molecule has 2 aromatic rings. The molecule has 26 heavy (non-hydrogen) atoms. The fraction of sp³-hybridized carbons (Fsp3) is 0.333. The van der Waals surface area contributed by atoms with E-state index in [4.69, 9.17) is 16.3 Å². The van der Waals surface area contributed by atoms with Crippen LogP contribution in [0.1, 0.15) is 11.7 Å². The summed E-state index contributed by atoms with van der Waals surface area (Å²) in [5.41, 5.74) is 1.11. The second-order valence-electron chi connectivity index (χ2n) is 6.04. The number of hydrogen-bond acceptors (Lipinski definition) is 4. The lowest BCUT2D eigenvalue weighted by Gasteiger charge is -2.33. The first-order chi connectivity index (χ1) is 12.5. The average Bonchev–Trinajstić information content (AvgIpc) is 2.65. The molecule has 0 unspecified atom stereocenters. The first-order valence-corrected chi connectivity index (χ1v) is 10.2. The normalized spacial score (nSPS) is 18.8. The van der Waals surface area contributed by atoms with E-state index in [2.05, 4.69) is 9.62 Å². The van der Waals surface area contributed by atoms with Gasteiger partial charge in [-0.15, -0.1) is 0 Å². The molecule has 1 aliphatic heterocycles. The summed E-state index contributed by atoms with van der Waals surface area (Å²) < 4.78 is 46.1. The molecule has 0 aliphatic carbocycles. The van der Waals surface area contributed by atoms with Crippen molar-refractivity contribution >= 4 is 21.6 Å². The molecule has 8 heteroatoms. The van der Waals surface area contributed by atoms with Gasteiger partial charge in [-0.3, -0.25) is 4.90 Å². The van der Waals surface area contributed by atoms with Crippen LogP contribution in [-0.2, 0) is 14.8 Å². The molecule has 5 nitrogen and oxygen atoms in total. The van der Waals surface area contributed by atoms with Gasteiger partial charge in [0, 0.05) is 26.2 Å². The largest absolute Gasteiger partial charge is 0.371 e. The summed E-state index contributed by atoms with van der Waals surface area (Å²) in [6.07, 6.45) is -0.0162. The van der Waals surface area contributed by atoms with E-state index in [1.807, 2.05) is 30.3 Å². The smallest absolute Gasteiger partial charge is 0.240 e. The third kappa shape index (κ3) is 4.81. The van der Waals surface area contributed by atoms with E-state index in [9.17, 15) is 12.8 Å². The summed E-state index contributed by atoms with van der Waals surface area (Å²) >= 11 is 5.66. The van der Waals surface area contributed by atoms with Crippen molar-refractivity contribution in [3.05, 3.63) is 64.9 Å². The standard InChI is InChI=1S/C18H20ClFN2O3S/c19-16-12-15(6-7-17(16)20)26(23,24)21-8-9-22-10-11-25-18(13-22)14-4-2-1-3-5-14/h1-7,12,18,21H,8-11,13H2/t18-/m0/s1. The molecule has 1 saturated heterocycles. The molecular weight excluding hydrogens is 379 g/mol. The van der Waals surface area contributed by atoms with Gasteiger partial charge >= 0.3 is 0 Å². The zero-order valence-electron chi connectivity index (χ0n) is 14.1. The molecule has 0 bridgehead atoms. The monoisotopic (exact) mass is 398 g/mol. The van der Waals surface area contributed by atoms with Crippen molar-refractivity contribution in [2.24, 2.45) is 0 Å². The highest BCUT2D eigenvalue weighted by Crippen LogP contribution is 2.22. The second kappa shape index (κ2) is 8.45. The minimum absolute atomic E-state index is 0.0162. The van der Waals surface area contributed by atoms with Crippen LogP contribution in [-0.4, -0.2) is 46.1 Å². The highest BCUT2D eigenvalue weighted by atomic mass is 35.5. The fourth-order valence-electron chi connectivity index (χ4n) is 2.84. The Bertz CT molecular complexity index is 849. The van der Waals surface area contributed by atoms with E-state index < -0.39 is 15.8 Å². The van der Waals surface area contributed by atoms with Gasteiger partial charge in [0.05, 0.1) is 22.6 Å². The second-order valence-corrected chi connectivity index (χ2v) is 8.22. The maximum Gasteiger partial charge on any atom is 0.240 e. The molecule has 0 aromatic heterocycles. The van der Waals surface area contributed by atoms with Gasteiger partial charge in [-0.1, -0.05) is 41.9 Å². The Balaban J connectivity index is 1.54. The Morgan fingerprint density at radius 1 is 1.23 bits per heavy atom. The minimum atomic E-state index is -3.73. The van der Waals surface area contributed by atoms with Gasteiger partial charge in [-0.05, 0) is 23.8 Å². The number of nitrogens with one attached hydrogen (secondary N) is 1. The maximum absolute atomic E-state index is 13.2. The molecule has 3 rings (SSSR count). The molecule has 1 N–H and O–H groups in total. The van der Waals surface area contributed by atoms with E-state index in [-0.39, 0.29) is 22.6 Å². The molecule has 140 valence electrons. The van der Waals surface area contributed by atoms with Gasteiger partial charge in [0.2, 0.25) is 10.0 Å². The Morgan fingerprint density at radius 3 is 2.73 bits per heavy atom. The van der Waals surface area contributed by atoms with Gasteiger partial charge < -0.3 is 4.74 Å². The van der Waals surface area contributed by atoms with Crippen molar-refractivity contribution in [2.45, 2.75) is 11.0 Å². The van der Waals surface area contributed by atoms with Crippen LogP contribution in [0.25, 0.3) is 0 Å². The predicted octanol–water partition coefficient (Wildman–Crippen LogP) is 2.83. The Hall–Kier alpha value is -1.51. The van der Waals surface area contributed by atoms with Crippen LogP contribution in [0, 0.1) is 5.82 Å². The molecule has 1 atom stereocenters. The number of rotatable bonds is 6. The van der Waals surface area contributed by atoms with Crippen LogP contribution in [0.3, 0.4) is 0 Å². The lowest BCUT2D eigenvalue weighted by molar-refractivity contribution is -0.0291. The van der Waals surface area contributed by atoms with Crippen LogP contribution in [0.5, 0.6) is 0 Å². The fourth-order valence-corrected chi connectivity index (χ4v) is 4.13. The molecule has 0 amide bonds. The number of morpholine rings is 1. The highest BCUT2D eigenvalue weighted by molar-refractivity contribution is 7.89. The van der Waals surface area contributed by atoms with Crippen LogP contribution in [0.15, 0.2) is 53.4 Å². The lowest BCUT2D eigenvalue weighted by atomic mass is 10.1. The molecule has 2 aromatic carbocycles. The van der Waals surface area contributed by atoms with Gasteiger partial charge in [-0.2, -0.15) is 0 Å². The third-order valence-electron chi connectivity index (χ3n) is 4.24. The van der Waals surface area contributed by atoms with Gasteiger partial charge in [-0.25, -0.2) is 17.5 Å². The van der Waals surface area contributed by atoms with Crippen molar-refractivity contribution in [1.82, 2.24) is 9.62 Å². The van der Waals surface area contributed by atoms with Crippen molar-refractivity contribution < 1.29 is 17.5 Å². The number of halogens is 2. The Morgan fingerprint density at radius 2 is 2.00 bits per heavy atom. The molecule has 1 aliphatic rings. The number of sulfonamides is 1. The first kappa shape index (κ1) is 19.3. The van der Waals surface area contributed by atoms with Crippen LogP contribution < -0.4 is 4.72 Å². The van der Waals surface area contributed by atoms with E-state index >= 15 is 0 Å². The van der Waals surface area contributed by atoms with E-state index in [1.165, 1.54) is 6.07 Å². The van der Waals surface area contributed by atoms with Crippen molar-refractivity contribution in [3.8, 4) is 0 Å². The zero-order chi connectivity index (χ0) is 18.6. The predicted molar refractivity (Wildman–Crippen MR) is 98.2 cm³/mol. The topological polar surface area (TPSA) is 58.6 Å². The molecular formula is C18H20ClFN2O3S. The Labute approximate surface area is 157 Å². The lowest BCUT2D eigenvalue weighted by Crippen LogP contribution is -2.42. The summed E-state index contributed by atoms with van der Waals surface area (Å²) in [4.78, 5) is 2.11. The van der Waals surface area contributed by atoms with Crippen molar-refractivity contribution in [1.29, 1.82) is 0 Å². The highest BCUT2D eigenvalue weighted by Gasteiger charge is 2.22. The third-order valence-corrected chi connectivity index (χ3v) is 5.99. The van der Waals surface area contributed by atoms with Gasteiger partial charge in [0.25, 0.3) is 0 Å². The van der Waals surface area contributed by atoms with Crippen molar-refractivity contribution in [2.75, 3.05) is 32.8 Å². The molecule has 0 spiro atoms. The number of benzene rings is 2. The van der Waals surface area contributed by atoms with Crippen molar-refractivity contribution in [3.63, 3.8) is 0 Å². The molecule has 1 fully saturated rings. The first-order valence-electron chi connectivity index (χ1n) is 8.29. The Kier molecular flexibility index (Phi) is 6.26. The minimum Gasteiger partial charge on any atom is -0.371 e. The summed E-state index contributed by atoms with van der Waals surface area (Å²) in [6, 6.07) is 13.3. The summed E-state index contributed by atoms with van der Waals surface area (Å²) in [5, 5.41) is -0.216. The average molecular weight is 399 g/mol. The number of nitrogens with zero attached hydrogens (tertiary/aromatic N) is 1. The van der Waals surface area contributed by atoms with E-state index in [1.54, 1.807) is 0 Å². The van der Waals surface area contributed by atoms with Gasteiger partial charge in [0.1, 0.15) is 5.82 Å². The number of hydrogen-bond donors (Lipinski definition) is 1. The SMILES string of the molecule is O=S(=O)(NCCN1CCO[C@H](c2ccccc2)C1)c1ccc(F)c(Cl)c1. The van der Waals surface area contributed by atoms with Crippen LogP contribution >= 0.6 is 11.6 Å². The summed E-state index contributed by atoms with van der Waals surface area (Å²) in [7, 11) is -3.73. The number of ether oxygens (including phenoxy) is 1. The van der Waals surface area contributed by atoms with Crippen LogP contribution in [0.2, 0.25) is 5.02 Å². The molecule has 1 heterocycles. The van der Waals surface area contributed by atoms with E-state index in [0.717, 1.165) is 24.2 Å².